The molecule has 1 aliphatic heterocycles. The number of hydrogen-bond acceptors (Lipinski definition) is 4. The normalized spacial score (nSPS) is 16.6. The van der Waals surface area contributed by atoms with Crippen LogP contribution in [-0.2, 0) is 4.79 Å². The summed E-state index contributed by atoms with van der Waals surface area (Å²) in [7, 11) is 0. The molecule has 1 N–H and O–H groups in total. The summed E-state index contributed by atoms with van der Waals surface area (Å²) in [6, 6.07) is 5.97. The number of carbonyl (C=O) groups excluding carboxylic acids is 1. The lowest BCUT2D eigenvalue weighted by atomic mass is 10.1. The maximum atomic E-state index is 12.1. The van der Waals surface area contributed by atoms with Crippen molar-refractivity contribution in [1.82, 2.24) is 10.2 Å². The summed E-state index contributed by atoms with van der Waals surface area (Å²) in [6.07, 6.45) is 2.45. The molecule has 1 amide bonds. The van der Waals surface area contributed by atoms with Gasteiger partial charge in [0.1, 0.15) is 5.70 Å². The number of nitrogens with one attached hydrogen (secondary N) is 1. The zero-order chi connectivity index (χ0) is 14.7. The van der Waals surface area contributed by atoms with E-state index in [1.807, 2.05) is 6.92 Å². The summed E-state index contributed by atoms with van der Waals surface area (Å²) in [4.78, 5) is 23.7. The fourth-order valence-corrected chi connectivity index (χ4v) is 2.14. The lowest BCUT2D eigenvalue weighted by Crippen LogP contribution is -2.31. The third kappa shape index (κ3) is 2.83. The van der Waals surface area contributed by atoms with Gasteiger partial charge in [-0.25, -0.2) is 0 Å². The average Bonchev–Trinajstić information content (AvgIpc) is 2.67. The van der Waals surface area contributed by atoms with Gasteiger partial charge in [-0.3, -0.25) is 19.8 Å². The maximum Gasteiger partial charge on any atom is 0.276 e. The minimum Gasteiger partial charge on any atom is -0.328 e. The summed E-state index contributed by atoms with van der Waals surface area (Å²) >= 11 is 5.10. The fourth-order valence-electron chi connectivity index (χ4n) is 1.86. The van der Waals surface area contributed by atoms with Crippen LogP contribution in [0.3, 0.4) is 0 Å². The molecule has 0 saturated carbocycles. The number of hydrogen-bond donors (Lipinski definition) is 1. The Bertz CT molecular complexity index is 595. The van der Waals surface area contributed by atoms with Gasteiger partial charge in [-0.2, -0.15) is 0 Å². The molecule has 1 heterocycles. The fraction of sp³-hybridized carbons (Fsp3) is 0.231. The van der Waals surface area contributed by atoms with Crippen LogP contribution >= 0.6 is 12.2 Å². The van der Waals surface area contributed by atoms with E-state index in [-0.39, 0.29) is 11.6 Å². The second kappa shape index (κ2) is 5.79. The van der Waals surface area contributed by atoms with E-state index >= 15 is 0 Å². The number of benzene rings is 1. The van der Waals surface area contributed by atoms with Crippen LogP contribution in [0.1, 0.15) is 18.9 Å². The molecule has 1 aliphatic rings. The zero-order valence-corrected chi connectivity index (χ0v) is 11.6. The molecule has 104 valence electrons. The van der Waals surface area contributed by atoms with Crippen LogP contribution in [0, 0.1) is 10.1 Å². The molecule has 0 atom stereocenters. The van der Waals surface area contributed by atoms with E-state index in [9.17, 15) is 14.9 Å². The first-order valence-corrected chi connectivity index (χ1v) is 6.52. The Morgan fingerprint density at radius 1 is 1.40 bits per heavy atom. The Kier molecular flexibility index (Phi) is 4.09. The highest BCUT2D eigenvalue weighted by Crippen LogP contribution is 2.17. The number of nitrogens with zero attached hydrogens (tertiary/aromatic N) is 2. The Balaban J connectivity index is 2.21. The predicted octanol–water partition coefficient (Wildman–Crippen LogP) is 2.06. The van der Waals surface area contributed by atoms with E-state index in [1.165, 1.54) is 17.0 Å². The van der Waals surface area contributed by atoms with Crippen molar-refractivity contribution in [2.45, 2.75) is 13.3 Å². The molecule has 20 heavy (non-hydrogen) atoms. The molecule has 1 fully saturated rings. The third-order valence-corrected chi connectivity index (χ3v) is 3.15. The lowest BCUT2D eigenvalue weighted by Gasteiger charge is -2.11. The van der Waals surface area contributed by atoms with Gasteiger partial charge in [-0.05, 0) is 42.4 Å². The molecule has 1 aromatic rings. The van der Waals surface area contributed by atoms with Gasteiger partial charge in [0, 0.05) is 18.7 Å². The number of amides is 1. The van der Waals surface area contributed by atoms with Crippen LogP contribution in [0.5, 0.6) is 0 Å². The highest BCUT2D eigenvalue weighted by atomic mass is 32.1. The molecule has 1 aromatic carbocycles. The zero-order valence-electron chi connectivity index (χ0n) is 10.8. The van der Waals surface area contributed by atoms with Gasteiger partial charge in [0.05, 0.1) is 4.92 Å². The van der Waals surface area contributed by atoms with Crippen LogP contribution < -0.4 is 5.32 Å². The Labute approximate surface area is 121 Å². The number of nitro benzene ring substituents is 1. The first kappa shape index (κ1) is 14.1. The van der Waals surface area contributed by atoms with Gasteiger partial charge < -0.3 is 5.32 Å². The van der Waals surface area contributed by atoms with E-state index in [2.05, 4.69) is 5.32 Å². The number of rotatable bonds is 4. The van der Waals surface area contributed by atoms with Gasteiger partial charge in [-0.1, -0.05) is 6.92 Å². The number of carbonyl (C=O) groups is 1. The van der Waals surface area contributed by atoms with Crippen molar-refractivity contribution in [3.05, 3.63) is 45.6 Å². The van der Waals surface area contributed by atoms with Gasteiger partial charge in [0.15, 0.2) is 5.11 Å². The minimum atomic E-state index is -0.464. The van der Waals surface area contributed by atoms with Crippen molar-refractivity contribution in [3.8, 4) is 0 Å². The van der Waals surface area contributed by atoms with E-state index in [0.29, 0.717) is 22.9 Å². The largest absolute Gasteiger partial charge is 0.328 e. The molecule has 0 aromatic heterocycles. The van der Waals surface area contributed by atoms with Crippen molar-refractivity contribution in [1.29, 1.82) is 0 Å². The van der Waals surface area contributed by atoms with Gasteiger partial charge in [0.2, 0.25) is 0 Å². The summed E-state index contributed by atoms with van der Waals surface area (Å²) < 4.78 is 0. The summed E-state index contributed by atoms with van der Waals surface area (Å²) in [5, 5.41) is 13.8. The van der Waals surface area contributed by atoms with Gasteiger partial charge in [-0.15, -0.1) is 0 Å². The molecule has 2 rings (SSSR count). The Hall–Kier alpha value is -2.28. The van der Waals surface area contributed by atoms with Crippen LogP contribution in [0.4, 0.5) is 5.69 Å². The van der Waals surface area contributed by atoms with E-state index < -0.39 is 4.92 Å². The topological polar surface area (TPSA) is 75.5 Å². The SMILES string of the molecule is CCCN1C(=O)/C(=C/c2ccc([N+](=O)[O-])cc2)NC1=S. The quantitative estimate of drug-likeness (QED) is 0.398. The molecule has 1 saturated heterocycles. The van der Waals surface area contributed by atoms with Gasteiger partial charge in [0.25, 0.3) is 11.6 Å². The monoisotopic (exact) mass is 291 g/mol. The number of nitro groups is 1. The molecule has 6 nitrogen and oxygen atoms in total. The standard InChI is InChI=1S/C13H13N3O3S/c1-2-7-15-12(17)11(14-13(15)20)8-9-3-5-10(6-4-9)16(18)19/h3-6,8H,2,7H2,1H3,(H,14,20)/b11-8-. The highest BCUT2D eigenvalue weighted by molar-refractivity contribution is 7.80. The highest BCUT2D eigenvalue weighted by Gasteiger charge is 2.29. The molecule has 7 heteroatoms. The Morgan fingerprint density at radius 2 is 2.05 bits per heavy atom. The van der Waals surface area contributed by atoms with Crippen molar-refractivity contribution < 1.29 is 9.72 Å². The molecular weight excluding hydrogens is 278 g/mol. The van der Waals surface area contributed by atoms with Crippen LogP contribution in [0.15, 0.2) is 30.0 Å². The van der Waals surface area contributed by atoms with Crippen molar-refractivity contribution in [2.24, 2.45) is 0 Å². The Morgan fingerprint density at radius 3 is 2.60 bits per heavy atom. The molecule has 0 unspecified atom stereocenters. The number of non-ortho nitro benzene ring substituents is 1. The second-order valence-corrected chi connectivity index (χ2v) is 4.68. The molecular formula is C13H13N3O3S. The summed E-state index contributed by atoms with van der Waals surface area (Å²) in [5.74, 6) is -0.171. The van der Waals surface area contributed by atoms with E-state index in [0.717, 1.165) is 6.42 Å². The minimum absolute atomic E-state index is 0.0148. The average molecular weight is 291 g/mol. The molecule has 0 spiro atoms. The van der Waals surface area contributed by atoms with E-state index in [4.69, 9.17) is 12.2 Å². The lowest BCUT2D eigenvalue weighted by molar-refractivity contribution is -0.384. The summed E-state index contributed by atoms with van der Waals surface area (Å²) in [5.41, 5.74) is 1.10. The smallest absolute Gasteiger partial charge is 0.276 e. The van der Waals surface area contributed by atoms with Crippen LogP contribution in [0.25, 0.3) is 6.08 Å². The summed E-state index contributed by atoms with van der Waals surface area (Å²) in [6.45, 7) is 2.54. The molecule has 0 radical (unpaired) electrons. The van der Waals surface area contributed by atoms with Crippen molar-refractivity contribution in [3.63, 3.8) is 0 Å². The maximum absolute atomic E-state index is 12.1. The van der Waals surface area contributed by atoms with Crippen LogP contribution in [0.2, 0.25) is 0 Å². The molecule has 0 bridgehead atoms. The van der Waals surface area contributed by atoms with E-state index in [1.54, 1.807) is 18.2 Å². The second-order valence-electron chi connectivity index (χ2n) is 4.29. The van der Waals surface area contributed by atoms with Crippen molar-refractivity contribution >= 4 is 35.0 Å². The first-order valence-electron chi connectivity index (χ1n) is 6.12. The first-order chi connectivity index (χ1) is 9.52. The van der Waals surface area contributed by atoms with Gasteiger partial charge >= 0.3 is 0 Å². The predicted molar refractivity (Wildman–Crippen MR) is 78.8 cm³/mol. The van der Waals surface area contributed by atoms with Crippen LogP contribution in [-0.4, -0.2) is 27.4 Å². The van der Waals surface area contributed by atoms with Crippen molar-refractivity contribution in [2.75, 3.05) is 6.54 Å². The molecule has 0 aliphatic carbocycles. The number of thiocarbonyl (C=S) groups is 1. The third-order valence-electron chi connectivity index (χ3n) is 2.82.